The van der Waals surface area contributed by atoms with Crippen LogP contribution in [0.5, 0.6) is 0 Å². The van der Waals surface area contributed by atoms with E-state index >= 15 is 0 Å². The molecule has 0 aliphatic heterocycles. The third kappa shape index (κ3) is 2.11. The van der Waals surface area contributed by atoms with Crippen LogP contribution >= 0.6 is 0 Å². The van der Waals surface area contributed by atoms with E-state index in [4.69, 9.17) is 5.73 Å². The van der Waals surface area contributed by atoms with Crippen molar-refractivity contribution in [2.24, 2.45) is 7.05 Å². The molecule has 19 heavy (non-hydrogen) atoms. The number of hydrogen-bond donors (Lipinski definition) is 1. The Morgan fingerprint density at radius 1 is 1.21 bits per heavy atom. The highest BCUT2D eigenvalue weighted by molar-refractivity contribution is 5.75. The molecule has 0 atom stereocenters. The van der Waals surface area contributed by atoms with Gasteiger partial charge in [0, 0.05) is 12.6 Å². The summed E-state index contributed by atoms with van der Waals surface area (Å²) in [7, 11) is 1.56. The molecule has 2 N–H and O–H groups in total. The molecule has 2 aromatic rings. The van der Waals surface area contributed by atoms with Gasteiger partial charge in [-0.2, -0.15) is 5.26 Å². The Balaban J connectivity index is 2.83. The molecule has 2 rings (SSSR count). The van der Waals surface area contributed by atoms with Gasteiger partial charge in [0.05, 0.1) is 0 Å². The van der Waals surface area contributed by atoms with Crippen molar-refractivity contribution in [3.05, 3.63) is 51.3 Å². The first-order chi connectivity index (χ1) is 8.95. The topological polar surface area (TPSA) is 71.8 Å². The molecular weight excluding hydrogens is 238 g/mol. The molecule has 0 unspecified atom stereocenters. The SMILES string of the molecule is Cc1ccc(-c2cc(N)n(C)c(=O)c2C#N)c(C)c1. The number of pyridine rings is 1. The Labute approximate surface area is 111 Å². The summed E-state index contributed by atoms with van der Waals surface area (Å²) in [6, 6.07) is 9.55. The van der Waals surface area contributed by atoms with Crippen LogP contribution in [0, 0.1) is 25.2 Å². The van der Waals surface area contributed by atoms with Gasteiger partial charge >= 0.3 is 0 Å². The van der Waals surface area contributed by atoms with Crippen molar-refractivity contribution < 1.29 is 0 Å². The fraction of sp³-hybridized carbons (Fsp3) is 0.200. The van der Waals surface area contributed by atoms with E-state index < -0.39 is 0 Å². The molecule has 96 valence electrons. The van der Waals surface area contributed by atoms with Crippen LogP contribution in [0.2, 0.25) is 0 Å². The number of aromatic nitrogens is 1. The summed E-state index contributed by atoms with van der Waals surface area (Å²) >= 11 is 0. The number of nitriles is 1. The van der Waals surface area contributed by atoms with Gasteiger partial charge in [0.15, 0.2) is 0 Å². The fourth-order valence-electron chi connectivity index (χ4n) is 2.15. The van der Waals surface area contributed by atoms with E-state index in [2.05, 4.69) is 0 Å². The van der Waals surface area contributed by atoms with Crippen LogP contribution in [0.4, 0.5) is 5.82 Å². The predicted octanol–water partition coefficient (Wildman–Crippen LogP) is 2.12. The van der Waals surface area contributed by atoms with Crippen molar-refractivity contribution in [3.63, 3.8) is 0 Å². The van der Waals surface area contributed by atoms with Gasteiger partial charge in [-0.1, -0.05) is 23.8 Å². The Morgan fingerprint density at radius 3 is 2.47 bits per heavy atom. The molecule has 0 spiro atoms. The highest BCUT2D eigenvalue weighted by atomic mass is 16.1. The van der Waals surface area contributed by atoms with Crippen LogP contribution in [0.15, 0.2) is 29.1 Å². The van der Waals surface area contributed by atoms with E-state index in [9.17, 15) is 10.1 Å². The maximum atomic E-state index is 12.1. The molecule has 0 fully saturated rings. The maximum Gasteiger partial charge on any atom is 0.270 e. The Bertz CT molecular complexity index is 751. The lowest BCUT2D eigenvalue weighted by molar-refractivity contribution is 0.871. The van der Waals surface area contributed by atoms with Crippen LogP contribution in [-0.4, -0.2) is 4.57 Å². The van der Waals surface area contributed by atoms with Crippen molar-refractivity contribution in [3.8, 4) is 17.2 Å². The van der Waals surface area contributed by atoms with Gasteiger partial charge < -0.3 is 5.73 Å². The number of aryl methyl sites for hydroxylation is 2. The van der Waals surface area contributed by atoms with E-state index in [1.807, 2.05) is 38.1 Å². The fourth-order valence-corrected chi connectivity index (χ4v) is 2.15. The maximum absolute atomic E-state index is 12.1. The second-order valence-corrected chi connectivity index (χ2v) is 4.65. The van der Waals surface area contributed by atoms with Crippen LogP contribution in [0.3, 0.4) is 0 Å². The standard InChI is InChI=1S/C15H15N3O/c1-9-4-5-11(10(2)6-9)12-7-14(17)18(3)15(19)13(12)8-16/h4-7H,17H2,1-3H3. The summed E-state index contributed by atoms with van der Waals surface area (Å²) in [5, 5.41) is 9.22. The monoisotopic (exact) mass is 253 g/mol. The largest absolute Gasteiger partial charge is 0.385 e. The smallest absolute Gasteiger partial charge is 0.270 e. The van der Waals surface area contributed by atoms with Gasteiger partial charge in [0.2, 0.25) is 0 Å². The van der Waals surface area contributed by atoms with Gasteiger partial charge in [0.25, 0.3) is 5.56 Å². The van der Waals surface area contributed by atoms with E-state index in [-0.39, 0.29) is 11.1 Å². The zero-order chi connectivity index (χ0) is 14.2. The molecule has 4 nitrogen and oxygen atoms in total. The molecule has 1 aromatic heterocycles. The predicted molar refractivity (Wildman–Crippen MR) is 75.7 cm³/mol. The molecule has 0 amide bonds. The number of rotatable bonds is 1. The number of benzene rings is 1. The molecule has 1 aromatic carbocycles. The average molecular weight is 253 g/mol. The zero-order valence-corrected chi connectivity index (χ0v) is 11.2. The van der Waals surface area contributed by atoms with Crippen molar-refractivity contribution in [2.75, 3.05) is 5.73 Å². The van der Waals surface area contributed by atoms with Crippen LogP contribution in [-0.2, 0) is 7.05 Å². The lowest BCUT2D eigenvalue weighted by Gasteiger charge is -2.12. The lowest BCUT2D eigenvalue weighted by atomic mass is 9.96. The van der Waals surface area contributed by atoms with Gasteiger partial charge in [-0.05, 0) is 31.0 Å². The van der Waals surface area contributed by atoms with E-state index in [0.717, 1.165) is 16.7 Å². The first kappa shape index (κ1) is 12.9. The third-order valence-corrected chi connectivity index (χ3v) is 3.25. The van der Waals surface area contributed by atoms with Crippen LogP contribution < -0.4 is 11.3 Å². The second kappa shape index (κ2) is 4.62. The first-order valence-corrected chi connectivity index (χ1v) is 5.93. The molecule has 4 heteroatoms. The lowest BCUT2D eigenvalue weighted by Crippen LogP contribution is -2.23. The van der Waals surface area contributed by atoms with Crippen LogP contribution in [0.1, 0.15) is 16.7 Å². The second-order valence-electron chi connectivity index (χ2n) is 4.65. The summed E-state index contributed by atoms with van der Waals surface area (Å²) in [5.74, 6) is 0.346. The molecule has 0 aliphatic rings. The Hall–Kier alpha value is -2.54. The minimum absolute atomic E-state index is 0.128. The quantitative estimate of drug-likeness (QED) is 0.846. The normalized spacial score (nSPS) is 10.2. The number of nitrogen functional groups attached to an aromatic ring is 1. The molecule has 0 saturated heterocycles. The summed E-state index contributed by atoms with van der Waals surface area (Å²) in [4.78, 5) is 12.1. The molecule has 0 aliphatic carbocycles. The first-order valence-electron chi connectivity index (χ1n) is 5.93. The van der Waals surface area contributed by atoms with Crippen molar-refractivity contribution in [1.29, 1.82) is 5.26 Å². The summed E-state index contributed by atoms with van der Waals surface area (Å²) in [6.07, 6.45) is 0. The molecule has 0 bridgehead atoms. The Morgan fingerprint density at radius 2 is 1.89 bits per heavy atom. The molecule has 0 radical (unpaired) electrons. The summed E-state index contributed by atoms with van der Waals surface area (Å²) in [6.45, 7) is 3.96. The van der Waals surface area contributed by atoms with E-state index in [1.165, 1.54) is 4.57 Å². The molecule has 1 heterocycles. The Kier molecular flexibility index (Phi) is 3.14. The van der Waals surface area contributed by atoms with Gasteiger partial charge in [-0.3, -0.25) is 9.36 Å². The molecular formula is C15H15N3O. The van der Waals surface area contributed by atoms with E-state index in [0.29, 0.717) is 11.4 Å². The number of anilines is 1. The zero-order valence-electron chi connectivity index (χ0n) is 11.2. The number of nitrogens with two attached hydrogens (primary N) is 1. The number of nitrogens with zero attached hydrogens (tertiary/aromatic N) is 2. The van der Waals surface area contributed by atoms with Gasteiger partial charge in [-0.25, -0.2) is 0 Å². The average Bonchev–Trinajstić information content (AvgIpc) is 2.36. The highest BCUT2D eigenvalue weighted by Gasteiger charge is 2.14. The third-order valence-electron chi connectivity index (χ3n) is 3.25. The van der Waals surface area contributed by atoms with Gasteiger partial charge in [0.1, 0.15) is 17.5 Å². The van der Waals surface area contributed by atoms with Gasteiger partial charge in [-0.15, -0.1) is 0 Å². The van der Waals surface area contributed by atoms with Crippen molar-refractivity contribution in [1.82, 2.24) is 4.57 Å². The number of hydrogen-bond acceptors (Lipinski definition) is 3. The summed E-state index contributed by atoms with van der Waals surface area (Å²) < 4.78 is 1.28. The summed E-state index contributed by atoms with van der Waals surface area (Å²) in [5.41, 5.74) is 9.20. The minimum atomic E-state index is -0.363. The van der Waals surface area contributed by atoms with Crippen LogP contribution in [0.25, 0.3) is 11.1 Å². The van der Waals surface area contributed by atoms with Crippen molar-refractivity contribution in [2.45, 2.75) is 13.8 Å². The van der Waals surface area contributed by atoms with Crippen molar-refractivity contribution >= 4 is 5.82 Å². The highest BCUT2D eigenvalue weighted by Crippen LogP contribution is 2.27. The molecule has 0 saturated carbocycles. The minimum Gasteiger partial charge on any atom is -0.385 e. The van der Waals surface area contributed by atoms with E-state index in [1.54, 1.807) is 13.1 Å².